The molecule has 15 heavy (non-hydrogen) atoms. The van der Waals surface area contributed by atoms with Crippen molar-refractivity contribution in [1.29, 1.82) is 0 Å². The van der Waals surface area contributed by atoms with Crippen LogP contribution in [0.1, 0.15) is 44.9 Å². The fourth-order valence-electron chi connectivity index (χ4n) is 2.86. The van der Waals surface area contributed by atoms with Crippen LogP contribution < -0.4 is 0 Å². The summed E-state index contributed by atoms with van der Waals surface area (Å²) in [6.45, 7) is 0.294. The Labute approximate surface area is 96.8 Å². The molecule has 2 rings (SSSR count). The van der Waals surface area contributed by atoms with Gasteiger partial charge in [0.2, 0.25) is 0 Å². The number of hydrogen-bond acceptors (Lipinski definition) is 3. The largest absolute Gasteiger partial charge is 0.396 e. The summed E-state index contributed by atoms with van der Waals surface area (Å²) >= 11 is 1.82. The second kappa shape index (κ2) is 5.55. The fourth-order valence-corrected chi connectivity index (χ4v) is 3.65. The van der Waals surface area contributed by atoms with Crippen molar-refractivity contribution in [2.75, 3.05) is 18.1 Å². The second-order valence-corrected chi connectivity index (χ2v) is 5.97. The van der Waals surface area contributed by atoms with Gasteiger partial charge < -0.3 is 9.84 Å². The van der Waals surface area contributed by atoms with Gasteiger partial charge in [0.15, 0.2) is 0 Å². The highest BCUT2D eigenvalue weighted by molar-refractivity contribution is 7.99. The van der Waals surface area contributed by atoms with Gasteiger partial charge in [-0.25, -0.2) is 0 Å². The Balaban J connectivity index is 1.73. The molecule has 2 nitrogen and oxygen atoms in total. The first-order chi connectivity index (χ1) is 7.35. The van der Waals surface area contributed by atoms with Crippen molar-refractivity contribution < 1.29 is 9.84 Å². The first-order valence-corrected chi connectivity index (χ1v) is 7.37. The maximum Gasteiger partial charge on any atom is 0.0687 e. The minimum Gasteiger partial charge on any atom is -0.396 e. The van der Waals surface area contributed by atoms with Gasteiger partial charge in [-0.1, -0.05) is 19.3 Å². The Morgan fingerprint density at radius 1 is 1.20 bits per heavy atom. The van der Waals surface area contributed by atoms with Crippen molar-refractivity contribution in [1.82, 2.24) is 0 Å². The molecule has 1 atom stereocenters. The Kier molecular flexibility index (Phi) is 4.35. The molecule has 1 saturated heterocycles. The summed E-state index contributed by atoms with van der Waals surface area (Å²) < 4.78 is 6.23. The van der Waals surface area contributed by atoms with Crippen LogP contribution in [0.25, 0.3) is 0 Å². The predicted molar refractivity (Wildman–Crippen MR) is 64.3 cm³/mol. The van der Waals surface area contributed by atoms with Crippen molar-refractivity contribution in [2.45, 2.75) is 56.7 Å². The van der Waals surface area contributed by atoms with Gasteiger partial charge in [-0.15, -0.1) is 0 Å². The second-order valence-electron chi connectivity index (χ2n) is 4.82. The van der Waals surface area contributed by atoms with E-state index in [2.05, 4.69) is 0 Å². The van der Waals surface area contributed by atoms with Crippen LogP contribution in [-0.2, 0) is 4.74 Å². The molecule has 0 aromatic rings. The molecule has 2 aliphatic rings. The minimum atomic E-state index is 0.267. The number of rotatable bonds is 4. The van der Waals surface area contributed by atoms with Crippen LogP contribution >= 0.6 is 11.8 Å². The van der Waals surface area contributed by atoms with Crippen LogP contribution in [0, 0.1) is 0 Å². The molecule has 1 saturated carbocycles. The Morgan fingerprint density at radius 3 is 2.73 bits per heavy atom. The lowest BCUT2D eigenvalue weighted by Crippen LogP contribution is -2.32. The van der Waals surface area contributed by atoms with Gasteiger partial charge in [0.25, 0.3) is 0 Å². The van der Waals surface area contributed by atoms with E-state index in [9.17, 15) is 0 Å². The summed E-state index contributed by atoms with van der Waals surface area (Å²) in [4.78, 5) is 0. The number of ether oxygens (including phenoxy) is 1. The molecule has 0 aromatic carbocycles. The summed E-state index contributed by atoms with van der Waals surface area (Å²) in [6, 6.07) is 0. The first kappa shape index (κ1) is 11.7. The van der Waals surface area contributed by atoms with Gasteiger partial charge in [0.1, 0.15) is 0 Å². The standard InChI is InChI=1S/C12H22O2S/c13-8-9-15-10-11-4-7-12(14-11)5-2-1-3-6-12/h11,13H,1-10H2. The molecule has 0 aromatic heterocycles. The van der Waals surface area contributed by atoms with Crippen molar-refractivity contribution in [2.24, 2.45) is 0 Å². The van der Waals surface area contributed by atoms with E-state index in [0.717, 1.165) is 11.5 Å². The average molecular weight is 230 g/mol. The summed E-state index contributed by atoms with van der Waals surface area (Å²) in [6.07, 6.45) is 9.65. The molecule has 1 heterocycles. The quantitative estimate of drug-likeness (QED) is 0.753. The molecule has 1 N–H and O–H groups in total. The third-order valence-electron chi connectivity index (χ3n) is 3.64. The number of thioether (sulfide) groups is 1. The zero-order valence-electron chi connectivity index (χ0n) is 9.41. The maximum absolute atomic E-state index is 8.72. The highest BCUT2D eigenvalue weighted by Crippen LogP contribution is 2.42. The first-order valence-electron chi connectivity index (χ1n) is 6.21. The van der Waals surface area contributed by atoms with Gasteiger partial charge in [0, 0.05) is 11.5 Å². The molecular weight excluding hydrogens is 208 g/mol. The van der Waals surface area contributed by atoms with Gasteiger partial charge in [-0.3, -0.25) is 0 Å². The van der Waals surface area contributed by atoms with Gasteiger partial charge in [-0.05, 0) is 25.7 Å². The van der Waals surface area contributed by atoms with E-state index >= 15 is 0 Å². The molecule has 2 fully saturated rings. The van der Waals surface area contributed by atoms with E-state index in [1.165, 1.54) is 44.9 Å². The van der Waals surface area contributed by atoms with Crippen molar-refractivity contribution >= 4 is 11.8 Å². The van der Waals surface area contributed by atoms with Gasteiger partial charge in [0.05, 0.1) is 18.3 Å². The monoisotopic (exact) mass is 230 g/mol. The van der Waals surface area contributed by atoms with Crippen molar-refractivity contribution in [3.8, 4) is 0 Å². The average Bonchev–Trinajstić information content (AvgIpc) is 2.63. The summed E-state index contributed by atoms with van der Waals surface area (Å²) in [5.41, 5.74) is 0.267. The lowest BCUT2D eigenvalue weighted by molar-refractivity contribution is -0.0555. The molecule has 1 unspecified atom stereocenters. The topological polar surface area (TPSA) is 29.5 Å². The summed E-state index contributed by atoms with van der Waals surface area (Å²) in [5, 5.41) is 8.72. The van der Waals surface area contributed by atoms with Crippen molar-refractivity contribution in [3.63, 3.8) is 0 Å². The third-order valence-corrected chi connectivity index (χ3v) is 4.72. The van der Waals surface area contributed by atoms with Crippen LogP contribution in [0.2, 0.25) is 0 Å². The Bertz CT molecular complexity index is 188. The highest BCUT2D eigenvalue weighted by Gasteiger charge is 2.40. The lowest BCUT2D eigenvalue weighted by atomic mass is 9.83. The van der Waals surface area contributed by atoms with Crippen LogP contribution in [0.15, 0.2) is 0 Å². The van der Waals surface area contributed by atoms with Gasteiger partial charge >= 0.3 is 0 Å². The summed E-state index contributed by atoms with van der Waals surface area (Å²) in [7, 11) is 0. The number of hydrogen-bond donors (Lipinski definition) is 1. The normalized spacial score (nSPS) is 29.8. The van der Waals surface area contributed by atoms with Crippen LogP contribution in [0.4, 0.5) is 0 Å². The minimum absolute atomic E-state index is 0.267. The maximum atomic E-state index is 8.72. The van der Waals surface area contributed by atoms with Gasteiger partial charge in [-0.2, -0.15) is 11.8 Å². The lowest BCUT2D eigenvalue weighted by Gasteiger charge is -2.33. The number of aliphatic hydroxyl groups is 1. The van der Waals surface area contributed by atoms with Crippen molar-refractivity contribution in [3.05, 3.63) is 0 Å². The van der Waals surface area contributed by atoms with Crippen LogP contribution in [0.5, 0.6) is 0 Å². The van der Waals surface area contributed by atoms with E-state index < -0.39 is 0 Å². The molecule has 0 bridgehead atoms. The molecule has 3 heteroatoms. The predicted octanol–water partition coefficient (Wildman–Crippen LogP) is 2.59. The van der Waals surface area contributed by atoms with E-state index in [4.69, 9.17) is 9.84 Å². The fraction of sp³-hybridized carbons (Fsp3) is 1.00. The van der Waals surface area contributed by atoms with Crippen LogP contribution in [0.3, 0.4) is 0 Å². The Morgan fingerprint density at radius 2 is 2.00 bits per heavy atom. The number of aliphatic hydroxyl groups excluding tert-OH is 1. The molecular formula is C12H22O2S. The van der Waals surface area contributed by atoms with E-state index in [-0.39, 0.29) is 5.60 Å². The van der Waals surface area contributed by atoms with Crippen LogP contribution in [-0.4, -0.2) is 34.9 Å². The molecule has 88 valence electrons. The van der Waals surface area contributed by atoms with E-state index in [0.29, 0.717) is 12.7 Å². The smallest absolute Gasteiger partial charge is 0.0687 e. The van der Waals surface area contributed by atoms with E-state index in [1.807, 2.05) is 11.8 Å². The zero-order chi connectivity index (χ0) is 10.6. The Hall–Kier alpha value is 0.270. The summed E-state index contributed by atoms with van der Waals surface area (Å²) in [5.74, 6) is 1.93. The zero-order valence-corrected chi connectivity index (χ0v) is 10.2. The van der Waals surface area contributed by atoms with E-state index in [1.54, 1.807) is 0 Å². The molecule has 0 radical (unpaired) electrons. The molecule has 1 aliphatic heterocycles. The SMILES string of the molecule is OCCSCC1CCC2(CCCCC2)O1. The molecule has 0 amide bonds. The molecule has 1 spiro atoms. The third kappa shape index (κ3) is 3.11. The molecule has 1 aliphatic carbocycles. The highest BCUT2D eigenvalue weighted by atomic mass is 32.2.